The summed E-state index contributed by atoms with van der Waals surface area (Å²) in [6.45, 7) is 5.90. The van der Waals surface area contributed by atoms with Gasteiger partial charge in [-0.3, -0.25) is 4.79 Å². The lowest BCUT2D eigenvalue weighted by atomic mass is 9.96. The molecule has 0 aliphatic heterocycles. The Morgan fingerprint density at radius 1 is 1.07 bits per heavy atom. The summed E-state index contributed by atoms with van der Waals surface area (Å²) in [4.78, 5) is 22.6. The maximum absolute atomic E-state index is 12.8. The molecule has 30 heavy (non-hydrogen) atoms. The van der Waals surface area contributed by atoms with Crippen LogP contribution in [0.2, 0.25) is 0 Å². The molecule has 0 aliphatic carbocycles. The number of aryl methyl sites for hydroxylation is 2. The van der Waals surface area contributed by atoms with Gasteiger partial charge in [-0.05, 0) is 25.8 Å². The summed E-state index contributed by atoms with van der Waals surface area (Å²) in [7, 11) is 0. The number of anilines is 1. The van der Waals surface area contributed by atoms with Gasteiger partial charge in [0.15, 0.2) is 5.13 Å². The minimum Gasteiger partial charge on any atom is -0.333 e. The Morgan fingerprint density at radius 3 is 2.50 bits per heavy atom. The summed E-state index contributed by atoms with van der Waals surface area (Å²) in [5.41, 5.74) is 3.79. The molecule has 2 aromatic heterocycles. The SMILES string of the molecule is CCC(C(=O)Nc1nc(C)c(-c2nc(-c3ccc(C)cc3)no2)s1)c1ccccc1. The number of hydrogen-bond donors (Lipinski definition) is 1. The third kappa shape index (κ3) is 4.16. The molecule has 0 saturated heterocycles. The summed E-state index contributed by atoms with van der Waals surface area (Å²) in [5.74, 6) is 0.625. The highest BCUT2D eigenvalue weighted by Crippen LogP contribution is 2.33. The van der Waals surface area contributed by atoms with Crippen LogP contribution < -0.4 is 5.32 Å². The summed E-state index contributed by atoms with van der Waals surface area (Å²) >= 11 is 1.34. The van der Waals surface area contributed by atoms with Gasteiger partial charge in [0.1, 0.15) is 4.88 Å². The maximum atomic E-state index is 12.8. The average Bonchev–Trinajstić information content (AvgIpc) is 3.36. The van der Waals surface area contributed by atoms with E-state index in [4.69, 9.17) is 4.52 Å². The number of carbonyl (C=O) groups is 1. The normalized spacial score (nSPS) is 12.0. The second-order valence-corrected chi connectivity index (χ2v) is 8.08. The largest absolute Gasteiger partial charge is 0.333 e. The lowest BCUT2D eigenvalue weighted by molar-refractivity contribution is -0.117. The molecule has 0 radical (unpaired) electrons. The third-order valence-corrected chi connectivity index (χ3v) is 5.94. The predicted octanol–water partition coefficient (Wildman–Crippen LogP) is 5.61. The molecule has 0 aliphatic rings. The highest BCUT2D eigenvalue weighted by molar-refractivity contribution is 7.19. The molecule has 0 spiro atoms. The van der Waals surface area contributed by atoms with Crippen molar-refractivity contribution in [3.63, 3.8) is 0 Å². The molecule has 152 valence electrons. The van der Waals surface area contributed by atoms with Crippen LogP contribution in [0.4, 0.5) is 5.13 Å². The smallest absolute Gasteiger partial charge is 0.270 e. The number of nitrogens with zero attached hydrogens (tertiary/aromatic N) is 3. The van der Waals surface area contributed by atoms with Crippen molar-refractivity contribution in [1.29, 1.82) is 0 Å². The molecule has 0 bridgehead atoms. The Morgan fingerprint density at radius 2 is 1.80 bits per heavy atom. The fourth-order valence-corrected chi connectivity index (χ4v) is 4.13. The average molecular weight is 419 g/mol. The van der Waals surface area contributed by atoms with Crippen molar-refractivity contribution in [2.24, 2.45) is 0 Å². The van der Waals surface area contributed by atoms with E-state index in [1.165, 1.54) is 16.9 Å². The summed E-state index contributed by atoms with van der Waals surface area (Å²) in [6, 6.07) is 17.7. The van der Waals surface area contributed by atoms with Crippen molar-refractivity contribution in [2.45, 2.75) is 33.1 Å². The fourth-order valence-electron chi connectivity index (χ4n) is 3.23. The van der Waals surface area contributed by atoms with Gasteiger partial charge in [0.25, 0.3) is 5.89 Å². The number of rotatable bonds is 6. The summed E-state index contributed by atoms with van der Waals surface area (Å²) < 4.78 is 5.47. The van der Waals surface area contributed by atoms with Crippen molar-refractivity contribution >= 4 is 22.4 Å². The van der Waals surface area contributed by atoms with Gasteiger partial charge >= 0.3 is 0 Å². The van der Waals surface area contributed by atoms with Crippen LogP contribution in [0.1, 0.15) is 36.1 Å². The molecule has 1 amide bonds. The van der Waals surface area contributed by atoms with E-state index in [1.807, 2.05) is 75.4 Å². The Balaban J connectivity index is 1.54. The Kier molecular flexibility index (Phi) is 5.72. The number of aromatic nitrogens is 3. The first kappa shape index (κ1) is 20.0. The molecule has 4 rings (SSSR count). The maximum Gasteiger partial charge on any atom is 0.270 e. The van der Waals surface area contributed by atoms with Gasteiger partial charge in [-0.15, -0.1) is 0 Å². The third-order valence-electron chi connectivity index (χ3n) is 4.88. The highest BCUT2D eigenvalue weighted by atomic mass is 32.1. The summed E-state index contributed by atoms with van der Waals surface area (Å²) in [5, 5.41) is 7.56. The van der Waals surface area contributed by atoms with Gasteiger partial charge in [0.2, 0.25) is 11.7 Å². The molecule has 2 heterocycles. The number of nitrogens with one attached hydrogen (secondary N) is 1. The molecule has 6 nitrogen and oxygen atoms in total. The fraction of sp³-hybridized carbons (Fsp3) is 0.217. The molecule has 7 heteroatoms. The van der Waals surface area contributed by atoms with Gasteiger partial charge in [-0.2, -0.15) is 4.98 Å². The molecule has 1 unspecified atom stereocenters. The monoisotopic (exact) mass is 418 g/mol. The zero-order valence-electron chi connectivity index (χ0n) is 17.0. The standard InChI is InChI=1S/C23H22N4O2S/c1-4-18(16-8-6-5-7-9-16)21(28)26-23-24-15(3)19(30-23)22-25-20(27-29-22)17-12-10-14(2)11-13-17/h5-13,18H,4H2,1-3H3,(H,24,26,28). The summed E-state index contributed by atoms with van der Waals surface area (Å²) in [6.07, 6.45) is 0.705. The Hall–Kier alpha value is -3.32. The molecule has 1 atom stereocenters. The van der Waals surface area contributed by atoms with Crippen molar-refractivity contribution in [3.8, 4) is 22.2 Å². The van der Waals surface area contributed by atoms with Crippen molar-refractivity contribution < 1.29 is 9.32 Å². The van der Waals surface area contributed by atoms with Crippen LogP contribution >= 0.6 is 11.3 Å². The topological polar surface area (TPSA) is 80.9 Å². The molecule has 4 aromatic rings. The molecule has 2 aromatic carbocycles. The van der Waals surface area contributed by atoms with E-state index >= 15 is 0 Å². The minimum absolute atomic E-state index is 0.0742. The lowest BCUT2D eigenvalue weighted by Gasteiger charge is -2.13. The minimum atomic E-state index is -0.226. The van der Waals surface area contributed by atoms with Gasteiger partial charge < -0.3 is 9.84 Å². The van der Waals surface area contributed by atoms with E-state index in [9.17, 15) is 4.79 Å². The molecular weight excluding hydrogens is 396 g/mol. The second-order valence-electron chi connectivity index (χ2n) is 7.08. The number of hydrogen-bond acceptors (Lipinski definition) is 6. The van der Waals surface area contributed by atoms with Crippen LogP contribution in [0.15, 0.2) is 59.1 Å². The van der Waals surface area contributed by atoms with Crippen molar-refractivity contribution in [3.05, 3.63) is 71.4 Å². The molecule has 0 fully saturated rings. The van der Waals surface area contributed by atoms with E-state index in [0.717, 1.165) is 21.7 Å². The van der Waals surface area contributed by atoms with Crippen LogP contribution in [-0.4, -0.2) is 21.0 Å². The molecule has 1 N–H and O–H groups in total. The van der Waals surface area contributed by atoms with Crippen molar-refractivity contribution in [2.75, 3.05) is 5.32 Å². The highest BCUT2D eigenvalue weighted by Gasteiger charge is 2.22. The lowest BCUT2D eigenvalue weighted by Crippen LogP contribution is -2.20. The number of amides is 1. The molecule has 0 saturated carbocycles. The zero-order chi connectivity index (χ0) is 21.1. The van der Waals surface area contributed by atoms with Crippen LogP contribution in [0, 0.1) is 13.8 Å². The van der Waals surface area contributed by atoms with E-state index in [-0.39, 0.29) is 11.8 Å². The quantitative estimate of drug-likeness (QED) is 0.440. The van der Waals surface area contributed by atoms with E-state index in [2.05, 4.69) is 20.4 Å². The van der Waals surface area contributed by atoms with E-state index in [1.54, 1.807) is 0 Å². The van der Waals surface area contributed by atoms with Crippen LogP contribution in [-0.2, 0) is 4.79 Å². The van der Waals surface area contributed by atoms with Crippen LogP contribution in [0.5, 0.6) is 0 Å². The van der Waals surface area contributed by atoms with E-state index < -0.39 is 0 Å². The van der Waals surface area contributed by atoms with Gasteiger partial charge in [-0.25, -0.2) is 4.98 Å². The van der Waals surface area contributed by atoms with Crippen molar-refractivity contribution in [1.82, 2.24) is 15.1 Å². The van der Waals surface area contributed by atoms with Crippen LogP contribution in [0.25, 0.3) is 22.2 Å². The van der Waals surface area contributed by atoms with Gasteiger partial charge in [-0.1, -0.05) is 83.6 Å². The van der Waals surface area contributed by atoms with Gasteiger partial charge in [0.05, 0.1) is 11.6 Å². The van der Waals surface area contributed by atoms with Gasteiger partial charge in [0, 0.05) is 5.56 Å². The number of benzene rings is 2. The number of carbonyl (C=O) groups excluding carboxylic acids is 1. The second kappa shape index (κ2) is 8.59. The number of thiazole rings is 1. The Labute approximate surface area is 179 Å². The predicted molar refractivity (Wildman–Crippen MR) is 118 cm³/mol. The first-order valence-electron chi connectivity index (χ1n) is 9.79. The molecular formula is C23H22N4O2S. The van der Waals surface area contributed by atoms with E-state index in [0.29, 0.717) is 23.3 Å². The van der Waals surface area contributed by atoms with Crippen LogP contribution in [0.3, 0.4) is 0 Å². The zero-order valence-corrected chi connectivity index (χ0v) is 17.9. The Bertz CT molecular complexity index is 1150. The first-order chi connectivity index (χ1) is 14.5. The first-order valence-corrected chi connectivity index (χ1v) is 10.6.